The number of carbonyl (C=O) groups is 1. The highest BCUT2D eigenvalue weighted by Crippen LogP contribution is 2.40. The summed E-state index contributed by atoms with van der Waals surface area (Å²) in [6.45, 7) is 12.4. The average molecular weight is 376 g/mol. The third kappa shape index (κ3) is 4.04. The summed E-state index contributed by atoms with van der Waals surface area (Å²) in [4.78, 5) is 12.4. The third-order valence-electron chi connectivity index (χ3n) is 4.85. The van der Waals surface area contributed by atoms with E-state index in [1.54, 1.807) is 6.08 Å². The Hall–Kier alpha value is -2.81. The molecule has 28 heavy (non-hydrogen) atoms. The molecule has 0 amide bonds. The van der Waals surface area contributed by atoms with Crippen molar-refractivity contribution >= 4 is 17.8 Å². The molecule has 3 nitrogen and oxygen atoms in total. The summed E-state index contributed by atoms with van der Waals surface area (Å²) in [6, 6.07) is 13.5. The summed E-state index contributed by atoms with van der Waals surface area (Å²) in [5, 5.41) is 10.9. The highest BCUT2D eigenvalue weighted by atomic mass is 16.5. The molecule has 0 saturated heterocycles. The van der Waals surface area contributed by atoms with Crippen molar-refractivity contribution in [1.29, 1.82) is 0 Å². The highest BCUT2D eigenvalue weighted by Gasteiger charge is 2.27. The molecule has 0 aliphatic carbocycles. The molecule has 0 aromatic heterocycles. The zero-order valence-electron chi connectivity index (χ0n) is 17.5. The molecule has 2 aromatic rings. The molecule has 2 aromatic carbocycles. The first-order valence-corrected chi connectivity index (χ1v) is 9.56. The van der Waals surface area contributed by atoms with Crippen molar-refractivity contribution < 1.29 is 14.6 Å². The SMILES string of the molecule is CC(C)(C)c1cc(/C=C2\C=C(c3ccccc3)OC2=O)cc(C(C)(C)C)c1O. The summed E-state index contributed by atoms with van der Waals surface area (Å²) in [5.74, 6) is 0.529. The van der Waals surface area contributed by atoms with Gasteiger partial charge in [-0.2, -0.15) is 0 Å². The van der Waals surface area contributed by atoms with Crippen LogP contribution in [-0.4, -0.2) is 11.1 Å². The minimum Gasteiger partial charge on any atom is -0.507 e. The maximum atomic E-state index is 12.4. The largest absolute Gasteiger partial charge is 0.507 e. The van der Waals surface area contributed by atoms with Crippen molar-refractivity contribution in [3.05, 3.63) is 76.4 Å². The Balaban J connectivity index is 2.11. The van der Waals surface area contributed by atoms with Crippen molar-refractivity contribution in [3.8, 4) is 5.75 Å². The topological polar surface area (TPSA) is 46.5 Å². The number of cyclic esters (lactones) is 1. The Morgan fingerprint density at radius 2 is 1.43 bits per heavy atom. The van der Waals surface area contributed by atoms with Crippen LogP contribution in [0.25, 0.3) is 11.8 Å². The monoisotopic (exact) mass is 376 g/mol. The van der Waals surface area contributed by atoms with Gasteiger partial charge in [0.15, 0.2) is 0 Å². The fraction of sp³-hybridized carbons (Fsp3) is 0.320. The van der Waals surface area contributed by atoms with Gasteiger partial charge in [0, 0.05) is 16.7 Å². The van der Waals surface area contributed by atoms with Gasteiger partial charge >= 0.3 is 5.97 Å². The summed E-state index contributed by atoms with van der Waals surface area (Å²) in [7, 11) is 0. The average Bonchev–Trinajstić information content (AvgIpc) is 2.96. The van der Waals surface area contributed by atoms with Crippen molar-refractivity contribution in [2.45, 2.75) is 52.4 Å². The number of phenols is 1. The Kier molecular flexibility index (Phi) is 4.97. The van der Waals surface area contributed by atoms with Gasteiger partial charge in [0.2, 0.25) is 0 Å². The van der Waals surface area contributed by atoms with Crippen molar-refractivity contribution in [2.24, 2.45) is 0 Å². The third-order valence-corrected chi connectivity index (χ3v) is 4.85. The molecule has 3 rings (SSSR count). The van der Waals surface area contributed by atoms with Crippen LogP contribution in [0.3, 0.4) is 0 Å². The molecule has 1 aliphatic rings. The Bertz CT molecular complexity index is 930. The first-order chi connectivity index (χ1) is 13.0. The summed E-state index contributed by atoms with van der Waals surface area (Å²) in [6.07, 6.45) is 3.61. The summed E-state index contributed by atoms with van der Waals surface area (Å²) in [5.41, 5.74) is 3.54. The molecule has 0 saturated carbocycles. The number of carbonyl (C=O) groups excluding carboxylic acids is 1. The van der Waals surface area contributed by atoms with Crippen LogP contribution in [0, 0.1) is 0 Å². The summed E-state index contributed by atoms with van der Waals surface area (Å²) < 4.78 is 5.46. The van der Waals surface area contributed by atoms with E-state index >= 15 is 0 Å². The Labute approximate surface area is 167 Å². The van der Waals surface area contributed by atoms with Gasteiger partial charge < -0.3 is 9.84 Å². The van der Waals surface area contributed by atoms with Gasteiger partial charge in [-0.1, -0.05) is 71.9 Å². The van der Waals surface area contributed by atoms with E-state index < -0.39 is 0 Å². The highest BCUT2D eigenvalue weighted by molar-refractivity contribution is 6.05. The van der Waals surface area contributed by atoms with Gasteiger partial charge in [0.05, 0.1) is 5.57 Å². The molecule has 146 valence electrons. The van der Waals surface area contributed by atoms with Crippen LogP contribution in [-0.2, 0) is 20.4 Å². The van der Waals surface area contributed by atoms with Gasteiger partial charge in [-0.15, -0.1) is 0 Å². The van der Waals surface area contributed by atoms with E-state index in [2.05, 4.69) is 41.5 Å². The van der Waals surface area contributed by atoms with Gasteiger partial charge in [-0.05, 0) is 40.7 Å². The Morgan fingerprint density at radius 1 is 0.893 bits per heavy atom. The van der Waals surface area contributed by atoms with E-state index in [9.17, 15) is 9.90 Å². The first-order valence-electron chi connectivity index (χ1n) is 9.56. The standard InChI is InChI=1S/C25H28O3/c1-24(2,3)19-13-16(14-20(22(19)26)25(4,5)6)12-18-15-21(28-23(18)27)17-10-8-7-9-11-17/h7-15,26H,1-6H3/b18-12+. The maximum absolute atomic E-state index is 12.4. The number of esters is 1. The van der Waals surface area contributed by atoms with Gasteiger partial charge in [-0.25, -0.2) is 4.79 Å². The lowest BCUT2D eigenvalue weighted by molar-refractivity contribution is -0.130. The number of ether oxygens (including phenoxy) is 1. The molecule has 0 bridgehead atoms. The smallest absolute Gasteiger partial charge is 0.343 e. The normalized spacial score (nSPS) is 16.3. The van der Waals surface area contributed by atoms with E-state index in [4.69, 9.17) is 4.74 Å². The van der Waals surface area contributed by atoms with Gasteiger partial charge in [-0.3, -0.25) is 0 Å². The quantitative estimate of drug-likeness (QED) is 0.519. The number of hydrogen-bond donors (Lipinski definition) is 1. The Morgan fingerprint density at radius 3 is 1.93 bits per heavy atom. The van der Waals surface area contributed by atoms with E-state index in [0.29, 0.717) is 17.1 Å². The maximum Gasteiger partial charge on any atom is 0.343 e. The predicted molar refractivity (Wildman–Crippen MR) is 114 cm³/mol. The number of rotatable bonds is 2. The van der Waals surface area contributed by atoms with Crippen LogP contribution in [0.1, 0.15) is 63.8 Å². The lowest BCUT2D eigenvalue weighted by atomic mass is 9.78. The van der Waals surface area contributed by atoms with E-state index in [1.807, 2.05) is 48.5 Å². The molecule has 3 heteroatoms. The molecule has 0 atom stereocenters. The molecule has 1 heterocycles. The predicted octanol–water partition coefficient (Wildman–Crippen LogP) is 5.97. The van der Waals surface area contributed by atoms with Crippen LogP contribution in [0.2, 0.25) is 0 Å². The molecule has 0 spiro atoms. The van der Waals surface area contributed by atoms with Gasteiger partial charge in [0.1, 0.15) is 11.5 Å². The lowest BCUT2D eigenvalue weighted by Crippen LogP contribution is -2.17. The second-order valence-electron chi connectivity index (χ2n) is 9.33. The molecule has 0 unspecified atom stereocenters. The minimum absolute atomic E-state index is 0.222. The van der Waals surface area contributed by atoms with Crippen molar-refractivity contribution in [2.75, 3.05) is 0 Å². The van der Waals surface area contributed by atoms with Crippen LogP contribution in [0.15, 0.2) is 54.1 Å². The number of phenolic OH excluding ortho intramolecular Hbond substituents is 1. The zero-order chi connectivity index (χ0) is 20.7. The van der Waals surface area contributed by atoms with E-state index in [0.717, 1.165) is 22.3 Å². The second-order valence-corrected chi connectivity index (χ2v) is 9.33. The van der Waals surface area contributed by atoms with Crippen molar-refractivity contribution in [1.82, 2.24) is 0 Å². The fourth-order valence-electron chi connectivity index (χ4n) is 3.30. The second kappa shape index (κ2) is 6.97. The number of aromatic hydroxyl groups is 1. The van der Waals surface area contributed by atoms with Crippen LogP contribution in [0.5, 0.6) is 5.75 Å². The van der Waals surface area contributed by atoms with Crippen LogP contribution in [0.4, 0.5) is 0 Å². The molecule has 0 fully saturated rings. The fourth-order valence-corrected chi connectivity index (χ4v) is 3.30. The van der Waals surface area contributed by atoms with Crippen molar-refractivity contribution in [3.63, 3.8) is 0 Å². The van der Waals surface area contributed by atoms with Crippen LogP contribution < -0.4 is 0 Å². The lowest BCUT2D eigenvalue weighted by Gasteiger charge is -2.28. The summed E-state index contributed by atoms with van der Waals surface area (Å²) >= 11 is 0. The first kappa shape index (κ1) is 19.9. The van der Waals surface area contributed by atoms with E-state index in [-0.39, 0.29) is 16.8 Å². The number of hydrogen-bond acceptors (Lipinski definition) is 3. The van der Waals surface area contributed by atoms with E-state index in [1.165, 1.54) is 0 Å². The number of benzene rings is 2. The molecule has 1 aliphatic heterocycles. The van der Waals surface area contributed by atoms with Crippen LogP contribution >= 0.6 is 0 Å². The van der Waals surface area contributed by atoms with Gasteiger partial charge in [0.25, 0.3) is 0 Å². The minimum atomic E-state index is -0.360. The molecule has 1 N–H and O–H groups in total. The molecular formula is C25H28O3. The molecular weight excluding hydrogens is 348 g/mol. The zero-order valence-corrected chi connectivity index (χ0v) is 17.5. The molecule has 0 radical (unpaired) electrons.